The highest BCUT2D eigenvalue weighted by Gasteiger charge is 2.06. The van der Waals surface area contributed by atoms with E-state index in [4.69, 9.17) is 27.9 Å². The van der Waals surface area contributed by atoms with Crippen LogP contribution in [0.3, 0.4) is 0 Å². The number of rotatable bonds is 3. The van der Waals surface area contributed by atoms with Crippen LogP contribution >= 0.6 is 23.2 Å². The quantitative estimate of drug-likeness (QED) is 0.775. The zero-order valence-corrected chi connectivity index (χ0v) is 10.9. The second-order valence-corrected chi connectivity index (χ2v) is 4.62. The molecule has 0 amide bonds. The average Bonchev–Trinajstić information content (AvgIpc) is 2.29. The van der Waals surface area contributed by atoms with Crippen LogP contribution in [0.4, 0.5) is 0 Å². The van der Waals surface area contributed by atoms with Gasteiger partial charge in [0, 0.05) is 17.2 Å². The Kier molecular flexibility index (Phi) is 4.06. The van der Waals surface area contributed by atoms with Crippen LogP contribution in [-0.2, 0) is 11.3 Å². The largest absolute Gasteiger partial charge is 0.380 e. The lowest BCUT2D eigenvalue weighted by Gasteiger charge is -2.10. The Hall–Kier alpha value is -1.02. The summed E-state index contributed by atoms with van der Waals surface area (Å²) < 4.78 is 5.18. The van der Waals surface area contributed by atoms with Crippen LogP contribution in [0.1, 0.15) is 5.56 Å². The van der Waals surface area contributed by atoms with Crippen molar-refractivity contribution in [3.05, 3.63) is 58.1 Å². The monoisotopic (exact) mass is 266 g/mol. The zero-order valence-electron chi connectivity index (χ0n) is 9.41. The highest BCUT2D eigenvalue weighted by molar-refractivity contribution is 6.31. The molecule has 0 aliphatic rings. The molecule has 0 saturated heterocycles. The Morgan fingerprint density at radius 1 is 1.00 bits per heavy atom. The third-order valence-corrected chi connectivity index (χ3v) is 2.97. The molecule has 0 radical (unpaired) electrons. The van der Waals surface area contributed by atoms with Gasteiger partial charge in [-0.05, 0) is 41.0 Å². The van der Waals surface area contributed by atoms with Crippen molar-refractivity contribution >= 4 is 23.2 Å². The number of hydrogen-bond acceptors (Lipinski definition) is 1. The molecular weight excluding hydrogens is 255 g/mol. The Morgan fingerprint density at radius 2 is 1.76 bits per heavy atom. The topological polar surface area (TPSA) is 9.23 Å². The maximum absolute atomic E-state index is 6.00. The molecule has 0 N–H and O–H groups in total. The molecule has 0 unspecified atom stereocenters. The highest BCUT2D eigenvalue weighted by Crippen LogP contribution is 2.28. The van der Waals surface area contributed by atoms with E-state index in [1.54, 1.807) is 7.11 Å². The van der Waals surface area contributed by atoms with Gasteiger partial charge in [0.05, 0.1) is 6.61 Å². The lowest BCUT2D eigenvalue weighted by atomic mass is 10.0. The Morgan fingerprint density at radius 3 is 2.47 bits per heavy atom. The molecule has 0 saturated carbocycles. The summed E-state index contributed by atoms with van der Waals surface area (Å²) in [6.45, 7) is 0.530. The molecule has 0 heterocycles. The van der Waals surface area contributed by atoms with Gasteiger partial charge in [0.2, 0.25) is 0 Å². The van der Waals surface area contributed by atoms with E-state index in [1.807, 2.05) is 42.5 Å². The number of benzene rings is 2. The van der Waals surface area contributed by atoms with Gasteiger partial charge in [-0.3, -0.25) is 0 Å². The molecule has 0 aliphatic carbocycles. The van der Waals surface area contributed by atoms with Gasteiger partial charge in [-0.15, -0.1) is 0 Å². The molecule has 0 bridgehead atoms. The third-order valence-electron chi connectivity index (χ3n) is 2.50. The summed E-state index contributed by atoms with van der Waals surface area (Å²) >= 11 is 12.0. The fraction of sp³-hybridized carbons (Fsp3) is 0.143. The van der Waals surface area contributed by atoms with Gasteiger partial charge in [-0.1, -0.05) is 41.4 Å². The van der Waals surface area contributed by atoms with Gasteiger partial charge in [0.15, 0.2) is 0 Å². The van der Waals surface area contributed by atoms with Crippen LogP contribution in [0.25, 0.3) is 11.1 Å². The summed E-state index contributed by atoms with van der Waals surface area (Å²) in [6.07, 6.45) is 0. The molecule has 17 heavy (non-hydrogen) atoms. The minimum atomic E-state index is 0.530. The SMILES string of the molecule is COCc1cc(Cl)ccc1-c1cccc(Cl)c1. The van der Waals surface area contributed by atoms with E-state index >= 15 is 0 Å². The van der Waals surface area contributed by atoms with Gasteiger partial charge < -0.3 is 4.74 Å². The van der Waals surface area contributed by atoms with E-state index in [-0.39, 0.29) is 0 Å². The van der Waals surface area contributed by atoms with Crippen LogP contribution in [0, 0.1) is 0 Å². The molecule has 2 aromatic rings. The van der Waals surface area contributed by atoms with Gasteiger partial charge in [0.25, 0.3) is 0 Å². The molecule has 0 aromatic heterocycles. The Labute approximate surface area is 111 Å². The summed E-state index contributed by atoms with van der Waals surface area (Å²) in [7, 11) is 1.67. The lowest BCUT2D eigenvalue weighted by Crippen LogP contribution is -1.92. The van der Waals surface area contributed by atoms with E-state index in [2.05, 4.69) is 0 Å². The first-order chi connectivity index (χ1) is 8.20. The number of hydrogen-bond donors (Lipinski definition) is 0. The number of methoxy groups -OCH3 is 1. The average molecular weight is 267 g/mol. The van der Waals surface area contributed by atoms with Gasteiger partial charge >= 0.3 is 0 Å². The summed E-state index contributed by atoms with van der Waals surface area (Å²) in [6, 6.07) is 13.5. The van der Waals surface area contributed by atoms with Crippen molar-refractivity contribution in [2.45, 2.75) is 6.61 Å². The van der Waals surface area contributed by atoms with Crippen molar-refractivity contribution in [1.29, 1.82) is 0 Å². The van der Waals surface area contributed by atoms with E-state index in [0.717, 1.165) is 21.7 Å². The van der Waals surface area contributed by atoms with Crippen LogP contribution in [0.2, 0.25) is 10.0 Å². The van der Waals surface area contributed by atoms with Crippen molar-refractivity contribution in [2.24, 2.45) is 0 Å². The molecular formula is C14H12Cl2O. The molecule has 1 nitrogen and oxygen atoms in total. The van der Waals surface area contributed by atoms with Gasteiger partial charge in [0.1, 0.15) is 0 Å². The zero-order chi connectivity index (χ0) is 12.3. The molecule has 2 aromatic carbocycles. The third kappa shape index (κ3) is 3.01. The first kappa shape index (κ1) is 12.4. The first-order valence-corrected chi connectivity index (χ1v) is 5.99. The van der Waals surface area contributed by atoms with E-state index in [1.165, 1.54) is 0 Å². The maximum atomic E-state index is 6.00. The summed E-state index contributed by atoms with van der Waals surface area (Å²) in [4.78, 5) is 0. The van der Waals surface area contributed by atoms with E-state index < -0.39 is 0 Å². The predicted molar refractivity (Wildman–Crippen MR) is 72.6 cm³/mol. The highest BCUT2D eigenvalue weighted by atomic mass is 35.5. The lowest BCUT2D eigenvalue weighted by molar-refractivity contribution is 0.185. The number of ether oxygens (including phenoxy) is 1. The molecule has 0 aliphatic heterocycles. The standard InChI is InChI=1S/C14H12Cl2O/c1-17-9-11-8-13(16)5-6-14(11)10-3-2-4-12(15)7-10/h2-8H,9H2,1H3. The molecule has 0 spiro atoms. The van der Waals surface area contributed by atoms with Crippen molar-refractivity contribution in [2.75, 3.05) is 7.11 Å². The van der Waals surface area contributed by atoms with Crippen molar-refractivity contribution in [1.82, 2.24) is 0 Å². The second kappa shape index (κ2) is 5.54. The smallest absolute Gasteiger partial charge is 0.0719 e. The van der Waals surface area contributed by atoms with Crippen LogP contribution in [0.5, 0.6) is 0 Å². The molecule has 0 atom stereocenters. The minimum absolute atomic E-state index is 0.530. The molecule has 2 rings (SSSR count). The second-order valence-electron chi connectivity index (χ2n) is 3.74. The Bertz CT molecular complexity index is 523. The first-order valence-electron chi connectivity index (χ1n) is 5.24. The van der Waals surface area contributed by atoms with Crippen molar-refractivity contribution in [3.8, 4) is 11.1 Å². The predicted octanol–water partition coefficient (Wildman–Crippen LogP) is 4.81. The van der Waals surface area contributed by atoms with Crippen molar-refractivity contribution in [3.63, 3.8) is 0 Å². The van der Waals surface area contributed by atoms with Crippen LogP contribution in [-0.4, -0.2) is 7.11 Å². The maximum Gasteiger partial charge on any atom is 0.0719 e. The molecule has 88 valence electrons. The van der Waals surface area contributed by atoms with Crippen LogP contribution < -0.4 is 0 Å². The fourth-order valence-corrected chi connectivity index (χ4v) is 2.16. The Balaban J connectivity index is 2.50. The van der Waals surface area contributed by atoms with E-state index in [0.29, 0.717) is 11.6 Å². The minimum Gasteiger partial charge on any atom is -0.380 e. The van der Waals surface area contributed by atoms with Gasteiger partial charge in [-0.25, -0.2) is 0 Å². The van der Waals surface area contributed by atoms with Crippen molar-refractivity contribution < 1.29 is 4.74 Å². The molecule has 0 fully saturated rings. The van der Waals surface area contributed by atoms with Crippen LogP contribution in [0.15, 0.2) is 42.5 Å². The summed E-state index contributed by atoms with van der Waals surface area (Å²) in [5.41, 5.74) is 3.22. The number of halogens is 2. The summed E-state index contributed by atoms with van der Waals surface area (Å²) in [5, 5.41) is 1.43. The molecule has 3 heteroatoms. The fourth-order valence-electron chi connectivity index (χ4n) is 1.77. The van der Waals surface area contributed by atoms with Gasteiger partial charge in [-0.2, -0.15) is 0 Å². The van der Waals surface area contributed by atoms with E-state index in [9.17, 15) is 0 Å². The summed E-state index contributed by atoms with van der Waals surface area (Å²) in [5.74, 6) is 0. The normalized spacial score (nSPS) is 10.5.